The van der Waals surface area contributed by atoms with Crippen LogP contribution < -0.4 is 0 Å². The van der Waals surface area contributed by atoms with Gasteiger partial charge >= 0.3 is 19.8 Å². The van der Waals surface area contributed by atoms with Gasteiger partial charge in [-0.15, -0.1) is 0 Å². The van der Waals surface area contributed by atoms with Gasteiger partial charge in [0.15, 0.2) is 6.10 Å². The summed E-state index contributed by atoms with van der Waals surface area (Å²) in [6.07, 6.45) is 37.6. The Kier molecular flexibility index (Phi) is 32.3. The molecule has 0 aromatic rings. The highest BCUT2D eigenvalue weighted by Crippen LogP contribution is 2.36. The summed E-state index contributed by atoms with van der Waals surface area (Å²) in [5.74, 6) is -0.173. The summed E-state index contributed by atoms with van der Waals surface area (Å²) in [4.78, 5) is 42.7. The molecule has 0 aromatic heterocycles. The number of phosphoric ester groups is 1. The molecule has 0 aromatic carbocycles. The number of aliphatic hydroxyl groups is 1. The van der Waals surface area contributed by atoms with E-state index in [1.165, 1.54) is 51.4 Å². The molecule has 3 N–H and O–H groups in total. The van der Waals surface area contributed by atoms with Gasteiger partial charge in [-0.05, 0) is 50.9 Å². The Labute approximate surface area is 303 Å². The van der Waals surface area contributed by atoms with Gasteiger partial charge in [0, 0.05) is 12.8 Å². The maximum Gasteiger partial charge on any atom is 0.469 e. The van der Waals surface area contributed by atoms with Crippen molar-refractivity contribution in [2.75, 3.05) is 13.2 Å². The summed E-state index contributed by atoms with van der Waals surface area (Å²) in [6, 6.07) is 0. The number of rotatable bonds is 33. The van der Waals surface area contributed by atoms with Crippen molar-refractivity contribution in [3.8, 4) is 0 Å². The topological polar surface area (TPSA) is 140 Å². The van der Waals surface area contributed by atoms with E-state index < -0.39 is 32.5 Å². The molecule has 288 valence electrons. The van der Waals surface area contributed by atoms with Crippen LogP contribution in [0.2, 0.25) is 0 Å². The van der Waals surface area contributed by atoms with Crippen LogP contribution >= 0.6 is 7.82 Å². The van der Waals surface area contributed by atoms with Crippen LogP contribution in [0.5, 0.6) is 0 Å². The third-order valence-electron chi connectivity index (χ3n) is 7.89. The zero-order chi connectivity index (χ0) is 37.1. The minimum atomic E-state index is -4.78. The molecule has 0 saturated carbocycles. The molecule has 0 rings (SSSR count). The average molecular weight is 725 g/mol. The Morgan fingerprint density at radius 1 is 0.660 bits per heavy atom. The van der Waals surface area contributed by atoms with Crippen molar-refractivity contribution in [3.05, 3.63) is 60.8 Å². The van der Waals surface area contributed by atoms with Crippen molar-refractivity contribution in [2.45, 2.75) is 161 Å². The quantitative estimate of drug-likeness (QED) is 0.0198. The molecule has 0 heterocycles. The van der Waals surface area contributed by atoms with Crippen LogP contribution in [0.25, 0.3) is 0 Å². The molecule has 10 heteroatoms. The molecule has 0 fully saturated rings. The van der Waals surface area contributed by atoms with Gasteiger partial charge in [-0.1, -0.05) is 152 Å². The second-order valence-electron chi connectivity index (χ2n) is 13.2. The zero-order valence-electron chi connectivity index (χ0n) is 31.3. The third-order valence-corrected chi connectivity index (χ3v) is 8.37. The maximum atomic E-state index is 12.3. The second kappa shape index (κ2) is 33.8. The largest absolute Gasteiger partial charge is 0.469 e. The summed E-state index contributed by atoms with van der Waals surface area (Å²) in [5, 5.41) is 9.44. The Bertz CT molecular complexity index is 1030. The van der Waals surface area contributed by atoms with Crippen LogP contribution in [-0.4, -0.2) is 52.3 Å². The highest BCUT2D eigenvalue weighted by Gasteiger charge is 2.22. The minimum absolute atomic E-state index is 0.118. The summed E-state index contributed by atoms with van der Waals surface area (Å²) in [5.41, 5.74) is 0. The van der Waals surface area contributed by atoms with E-state index >= 15 is 0 Å². The number of allylic oxidation sites excluding steroid dienone is 9. The fourth-order valence-electron chi connectivity index (χ4n) is 4.90. The summed E-state index contributed by atoms with van der Waals surface area (Å²) in [6.45, 7) is 5.61. The monoisotopic (exact) mass is 724 g/mol. The number of carbonyl (C=O) groups is 2. The van der Waals surface area contributed by atoms with E-state index in [1.54, 1.807) is 6.08 Å². The van der Waals surface area contributed by atoms with E-state index in [0.717, 1.165) is 44.4 Å². The molecule has 0 radical (unpaired) electrons. The van der Waals surface area contributed by atoms with Gasteiger partial charge < -0.3 is 24.4 Å². The molecular formula is C40H69O9P. The highest BCUT2D eigenvalue weighted by molar-refractivity contribution is 7.46. The van der Waals surface area contributed by atoms with Crippen LogP contribution in [0.4, 0.5) is 0 Å². The zero-order valence-corrected chi connectivity index (χ0v) is 32.2. The normalized spacial score (nSPS) is 13.9. The summed E-state index contributed by atoms with van der Waals surface area (Å²) >= 11 is 0. The molecule has 0 aliphatic heterocycles. The number of hydrogen-bond donors (Lipinski definition) is 3. The molecule has 0 aliphatic carbocycles. The molecule has 0 saturated heterocycles. The van der Waals surface area contributed by atoms with Gasteiger partial charge in [0.2, 0.25) is 0 Å². The third kappa shape index (κ3) is 37.0. The van der Waals surface area contributed by atoms with Gasteiger partial charge in [0.05, 0.1) is 12.7 Å². The smallest absolute Gasteiger partial charge is 0.462 e. The van der Waals surface area contributed by atoms with Gasteiger partial charge in [0.1, 0.15) is 6.61 Å². The number of unbranched alkanes of at least 4 members (excludes halogenated alkanes) is 11. The van der Waals surface area contributed by atoms with E-state index in [1.807, 2.05) is 37.3 Å². The lowest BCUT2D eigenvalue weighted by molar-refractivity contribution is -0.161. The van der Waals surface area contributed by atoms with Crippen LogP contribution in [0.15, 0.2) is 60.8 Å². The first-order valence-corrected chi connectivity index (χ1v) is 20.6. The summed E-state index contributed by atoms with van der Waals surface area (Å²) in [7, 11) is -4.78. The van der Waals surface area contributed by atoms with Crippen LogP contribution in [0.1, 0.15) is 149 Å². The Morgan fingerprint density at radius 2 is 1.18 bits per heavy atom. The number of carbonyl (C=O) groups excluding carboxylic acids is 2. The van der Waals surface area contributed by atoms with Crippen molar-refractivity contribution >= 4 is 19.8 Å². The number of aliphatic hydroxyl groups excluding tert-OH is 1. The van der Waals surface area contributed by atoms with E-state index in [2.05, 4.69) is 42.7 Å². The fraction of sp³-hybridized carbons (Fsp3) is 0.700. The number of phosphoric acid groups is 1. The molecule has 0 spiro atoms. The Hall–Kier alpha value is -2.29. The van der Waals surface area contributed by atoms with Gasteiger partial charge in [-0.25, -0.2) is 4.57 Å². The fourth-order valence-corrected chi connectivity index (χ4v) is 5.26. The lowest BCUT2D eigenvalue weighted by Crippen LogP contribution is -2.29. The van der Waals surface area contributed by atoms with Crippen molar-refractivity contribution in [2.24, 2.45) is 5.92 Å². The molecule has 50 heavy (non-hydrogen) atoms. The molecule has 0 aliphatic rings. The van der Waals surface area contributed by atoms with E-state index in [0.29, 0.717) is 25.7 Å². The Morgan fingerprint density at radius 3 is 1.74 bits per heavy atom. The first-order valence-electron chi connectivity index (χ1n) is 19.0. The van der Waals surface area contributed by atoms with Crippen molar-refractivity contribution in [1.82, 2.24) is 0 Å². The second-order valence-corrected chi connectivity index (χ2v) is 14.4. The number of ether oxygens (including phenoxy) is 2. The van der Waals surface area contributed by atoms with E-state index in [4.69, 9.17) is 19.3 Å². The van der Waals surface area contributed by atoms with Gasteiger partial charge in [0.25, 0.3) is 0 Å². The van der Waals surface area contributed by atoms with E-state index in [9.17, 15) is 19.3 Å². The molecule has 0 bridgehead atoms. The minimum Gasteiger partial charge on any atom is -0.462 e. The van der Waals surface area contributed by atoms with E-state index in [-0.39, 0.29) is 25.6 Å². The first kappa shape index (κ1) is 47.7. The average Bonchev–Trinajstić information content (AvgIpc) is 3.07. The van der Waals surface area contributed by atoms with Crippen LogP contribution in [-0.2, 0) is 28.2 Å². The SMILES string of the molecule is CC[C@@H](O)/C=C/C=C\C/C=C\C/C=C\C/C=C\CCCC(=O)O[C@H](COC(=O)CCCCCCCCCCCCCC(C)C)COP(=O)(O)O. The van der Waals surface area contributed by atoms with Crippen molar-refractivity contribution < 1.29 is 43.0 Å². The standard InChI is InChI=1S/C40H69O9P/c1-4-37(41)31-27-23-19-15-11-7-5-6-8-12-17-21-25-29-33-40(43)49-38(35-48-50(44,45)46)34-47-39(42)32-28-24-20-16-13-9-10-14-18-22-26-30-36(2)3/h6-8,11,17,19,21,23,27,31,36-38,41H,4-5,9-10,12-16,18,20,22,24-26,28-30,32-35H2,1-3H3,(H2,44,45,46)/b8-6-,11-7-,21-17-,23-19-,31-27+/t37-,38-/m1/s1. The van der Waals surface area contributed by atoms with Crippen molar-refractivity contribution in [3.63, 3.8) is 0 Å². The summed E-state index contributed by atoms with van der Waals surface area (Å²) < 4.78 is 26.2. The lowest BCUT2D eigenvalue weighted by atomic mass is 10.0. The molecule has 0 amide bonds. The molecule has 2 atom stereocenters. The predicted molar refractivity (Wildman–Crippen MR) is 203 cm³/mol. The van der Waals surface area contributed by atoms with Crippen LogP contribution in [0.3, 0.4) is 0 Å². The first-order chi connectivity index (χ1) is 24.0. The number of esters is 2. The van der Waals surface area contributed by atoms with Crippen molar-refractivity contribution in [1.29, 1.82) is 0 Å². The number of hydrogen-bond acceptors (Lipinski definition) is 7. The Balaban J connectivity index is 4.10. The molecule has 0 unspecified atom stereocenters. The van der Waals surface area contributed by atoms with Gasteiger partial charge in [-0.2, -0.15) is 0 Å². The maximum absolute atomic E-state index is 12.3. The molecule has 9 nitrogen and oxygen atoms in total. The van der Waals surface area contributed by atoms with Gasteiger partial charge in [-0.3, -0.25) is 14.1 Å². The predicted octanol–water partition coefficient (Wildman–Crippen LogP) is 10.2. The lowest BCUT2D eigenvalue weighted by Gasteiger charge is -2.18. The van der Waals surface area contributed by atoms with Crippen LogP contribution in [0, 0.1) is 5.92 Å². The molecular weight excluding hydrogens is 655 g/mol. The highest BCUT2D eigenvalue weighted by atomic mass is 31.2.